The molecule has 3 aromatic rings. The van der Waals surface area contributed by atoms with E-state index in [0.717, 1.165) is 5.69 Å². The van der Waals surface area contributed by atoms with Crippen molar-refractivity contribution in [3.05, 3.63) is 70.5 Å². The van der Waals surface area contributed by atoms with Gasteiger partial charge < -0.3 is 5.32 Å². The van der Waals surface area contributed by atoms with Gasteiger partial charge in [0.1, 0.15) is 0 Å². The average Bonchev–Trinajstić information content (AvgIpc) is 3.04. The van der Waals surface area contributed by atoms with Gasteiger partial charge in [0.05, 0.1) is 27.9 Å². The molecule has 0 fully saturated rings. The lowest BCUT2D eigenvalue weighted by molar-refractivity contribution is 0.102. The van der Waals surface area contributed by atoms with Crippen molar-refractivity contribution in [3.8, 4) is 0 Å². The third-order valence-electron chi connectivity index (χ3n) is 4.70. The molecule has 0 bridgehead atoms. The summed E-state index contributed by atoms with van der Waals surface area (Å²) >= 11 is 5.95. The number of aromatic nitrogens is 2. The number of aryl methyl sites for hydroxylation is 1. The predicted octanol–water partition coefficient (Wildman–Crippen LogP) is 4.96. The number of nitrogens with zero attached hydrogens (tertiary/aromatic N) is 2. The van der Waals surface area contributed by atoms with E-state index in [2.05, 4.69) is 15.1 Å². The fourth-order valence-electron chi connectivity index (χ4n) is 3.24. The lowest BCUT2D eigenvalue weighted by atomic mass is 10.1. The number of benzene rings is 2. The molecule has 0 unspecified atom stereocenters. The van der Waals surface area contributed by atoms with E-state index < -0.39 is 10.0 Å². The number of hydrogen-bond donors (Lipinski definition) is 2. The monoisotopic (exact) mass is 460 g/mol. The van der Waals surface area contributed by atoms with E-state index in [1.165, 1.54) is 18.3 Å². The molecule has 3 rings (SSSR count). The molecule has 0 aliphatic carbocycles. The van der Waals surface area contributed by atoms with Crippen molar-refractivity contribution in [1.29, 1.82) is 0 Å². The molecule has 1 heterocycles. The van der Waals surface area contributed by atoms with Crippen molar-refractivity contribution >= 4 is 38.9 Å². The molecule has 2 aromatic carbocycles. The lowest BCUT2D eigenvalue weighted by Crippen LogP contribution is -2.25. The van der Waals surface area contributed by atoms with Crippen molar-refractivity contribution in [2.45, 2.75) is 45.1 Å². The number of anilines is 2. The van der Waals surface area contributed by atoms with Gasteiger partial charge in [0.2, 0.25) is 0 Å². The molecule has 0 aliphatic rings. The number of nitrogens with one attached hydrogen (secondary N) is 2. The summed E-state index contributed by atoms with van der Waals surface area (Å²) in [6.07, 6.45) is 1.52. The van der Waals surface area contributed by atoms with Gasteiger partial charge in [-0.2, -0.15) is 5.10 Å². The van der Waals surface area contributed by atoms with Crippen LogP contribution in [0.4, 0.5) is 11.4 Å². The maximum atomic E-state index is 12.9. The average molecular weight is 461 g/mol. The third-order valence-corrected chi connectivity index (χ3v) is 6.46. The zero-order valence-electron chi connectivity index (χ0n) is 18.0. The minimum atomic E-state index is -3.88. The SMILES string of the molecule is Cc1ccc(NC(=O)c2cnn(C(C)(C)C)c2C)cc1S(=O)(=O)Nc1cccc(Cl)c1. The molecule has 31 heavy (non-hydrogen) atoms. The molecule has 7 nitrogen and oxygen atoms in total. The van der Waals surface area contributed by atoms with Gasteiger partial charge in [-0.15, -0.1) is 0 Å². The first kappa shape index (κ1) is 22.8. The van der Waals surface area contributed by atoms with Gasteiger partial charge in [-0.3, -0.25) is 14.2 Å². The Morgan fingerprint density at radius 2 is 1.77 bits per heavy atom. The summed E-state index contributed by atoms with van der Waals surface area (Å²) in [5.74, 6) is -0.358. The van der Waals surface area contributed by atoms with Gasteiger partial charge in [-0.05, 0) is 70.5 Å². The summed E-state index contributed by atoms with van der Waals surface area (Å²) in [5, 5.41) is 7.51. The largest absolute Gasteiger partial charge is 0.322 e. The van der Waals surface area contributed by atoms with E-state index in [9.17, 15) is 13.2 Å². The third kappa shape index (κ3) is 5.08. The first-order valence-corrected chi connectivity index (χ1v) is 11.5. The molecule has 9 heteroatoms. The zero-order chi connectivity index (χ0) is 23.0. The van der Waals surface area contributed by atoms with Gasteiger partial charge in [0, 0.05) is 16.4 Å². The van der Waals surface area contributed by atoms with Crippen molar-refractivity contribution in [2.24, 2.45) is 0 Å². The second kappa shape index (κ2) is 8.36. The summed E-state index contributed by atoms with van der Waals surface area (Å²) in [7, 11) is -3.88. The smallest absolute Gasteiger partial charge is 0.262 e. The van der Waals surface area contributed by atoms with E-state index in [-0.39, 0.29) is 16.3 Å². The number of carbonyl (C=O) groups is 1. The van der Waals surface area contributed by atoms with Crippen molar-refractivity contribution in [1.82, 2.24) is 9.78 Å². The number of carbonyl (C=O) groups excluding carboxylic acids is 1. The van der Waals surface area contributed by atoms with E-state index in [1.54, 1.807) is 41.9 Å². The maximum absolute atomic E-state index is 12.9. The Kier molecular flexibility index (Phi) is 6.16. The maximum Gasteiger partial charge on any atom is 0.262 e. The van der Waals surface area contributed by atoms with E-state index >= 15 is 0 Å². The standard InChI is InChI=1S/C22H25ClN4O3S/c1-14-9-10-17(25-21(28)19-13-24-27(15(19)2)22(3,4)5)12-20(14)31(29,30)26-18-8-6-7-16(23)11-18/h6-13,26H,1-5H3,(H,25,28). The van der Waals surface area contributed by atoms with E-state index in [1.807, 2.05) is 27.7 Å². The minimum Gasteiger partial charge on any atom is -0.322 e. The summed E-state index contributed by atoms with van der Waals surface area (Å²) < 4.78 is 30.2. The highest BCUT2D eigenvalue weighted by Crippen LogP contribution is 2.25. The van der Waals surface area contributed by atoms with Crippen LogP contribution in [0.15, 0.2) is 53.6 Å². The van der Waals surface area contributed by atoms with Crippen LogP contribution in [0, 0.1) is 13.8 Å². The molecular weight excluding hydrogens is 436 g/mol. The first-order chi connectivity index (χ1) is 14.4. The normalized spacial score (nSPS) is 11.9. The molecule has 0 saturated heterocycles. The molecule has 0 radical (unpaired) electrons. The summed E-state index contributed by atoms with van der Waals surface area (Å²) in [5.41, 5.74) is 2.16. The molecule has 0 spiro atoms. The van der Waals surface area contributed by atoms with Gasteiger partial charge in [0.15, 0.2) is 0 Å². The predicted molar refractivity (Wildman–Crippen MR) is 123 cm³/mol. The molecule has 164 valence electrons. The fourth-order valence-corrected chi connectivity index (χ4v) is 4.75. The highest BCUT2D eigenvalue weighted by atomic mass is 35.5. The number of halogens is 1. The van der Waals surface area contributed by atoms with Crippen LogP contribution in [0.25, 0.3) is 0 Å². The number of hydrogen-bond acceptors (Lipinski definition) is 4. The van der Waals surface area contributed by atoms with Crippen LogP contribution in [-0.2, 0) is 15.6 Å². The topological polar surface area (TPSA) is 93.1 Å². The van der Waals surface area contributed by atoms with Crippen LogP contribution in [-0.4, -0.2) is 24.1 Å². The van der Waals surface area contributed by atoms with Gasteiger partial charge >= 0.3 is 0 Å². The highest BCUT2D eigenvalue weighted by Gasteiger charge is 2.23. The number of sulfonamides is 1. The Hall–Kier alpha value is -2.84. The molecule has 0 aliphatic heterocycles. The zero-order valence-corrected chi connectivity index (χ0v) is 19.6. The number of amides is 1. The summed E-state index contributed by atoms with van der Waals surface area (Å²) in [6.45, 7) is 9.51. The van der Waals surface area contributed by atoms with Crippen LogP contribution >= 0.6 is 11.6 Å². The summed E-state index contributed by atoms with van der Waals surface area (Å²) in [6, 6.07) is 11.2. The molecular formula is C22H25ClN4O3S. The van der Waals surface area contributed by atoms with Crippen molar-refractivity contribution in [2.75, 3.05) is 10.0 Å². The van der Waals surface area contributed by atoms with Crippen LogP contribution in [0.5, 0.6) is 0 Å². The second-order valence-electron chi connectivity index (χ2n) is 8.28. The van der Waals surface area contributed by atoms with Crippen LogP contribution in [0.1, 0.15) is 42.4 Å². The Morgan fingerprint density at radius 3 is 2.39 bits per heavy atom. The molecule has 1 amide bonds. The van der Waals surface area contributed by atoms with Gasteiger partial charge in [0.25, 0.3) is 15.9 Å². The van der Waals surface area contributed by atoms with Gasteiger partial charge in [-0.25, -0.2) is 8.42 Å². The number of rotatable bonds is 5. The Balaban J connectivity index is 1.87. The highest BCUT2D eigenvalue weighted by molar-refractivity contribution is 7.92. The van der Waals surface area contributed by atoms with Crippen LogP contribution in [0.2, 0.25) is 5.02 Å². The fraction of sp³-hybridized carbons (Fsp3) is 0.273. The van der Waals surface area contributed by atoms with E-state index in [4.69, 9.17) is 11.6 Å². The van der Waals surface area contributed by atoms with Crippen molar-refractivity contribution in [3.63, 3.8) is 0 Å². The Labute approximate surface area is 187 Å². The Morgan fingerprint density at radius 1 is 1.06 bits per heavy atom. The molecule has 2 N–H and O–H groups in total. The second-order valence-corrected chi connectivity index (χ2v) is 10.4. The summed E-state index contributed by atoms with van der Waals surface area (Å²) in [4.78, 5) is 12.9. The van der Waals surface area contributed by atoms with Crippen LogP contribution < -0.4 is 10.0 Å². The van der Waals surface area contributed by atoms with Crippen molar-refractivity contribution < 1.29 is 13.2 Å². The quantitative estimate of drug-likeness (QED) is 0.562. The lowest BCUT2D eigenvalue weighted by Gasteiger charge is -2.21. The molecule has 0 saturated carbocycles. The Bertz CT molecular complexity index is 1240. The van der Waals surface area contributed by atoms with E-state index in [0.29, 0.717) is 27.5 Å². The van der Waals surface area contributed by atoms with Gasteiger partial charge in [-0.1, -0.05) is 23.7 Å². The first-order valence-electron chi connectivity index (χ1n) is 9.64. The molecule has 0 atom stereocenters. The van der Waals surface area contributed by atoms with Crippen LogP contribution in [0.3, 0.4) is 0 Å². The minimum absolute atomic E-state index is 0.0624. The molecule has 1 aromatic heterocycles.